The van der Waals surface area contributed by atoms with Crippen molar-refractivity contribution < 1.29 is 17.6 Å². The van der Waals surface area contributed by atoms with E-state index < -0.39 is 10.0 Å². The van der Waals surface area contributed by atoms with Gasteiger partial charge in [0.25, 0.3) is 0 Å². The quantitative estimate of drug-likeness (QED) is 0.860. The molecule has 1 fully saturated rings. The van der Waals surface area contributed by atoms with Crippen LogP contribution in [0.1, 0.15) is 37.3 Å². The lowest BCUT2D eigenvalue weighted by atomic mass is 10.0. The molecule has 0 bridgehead atoms. The molecule has 24 heavy (non-hydrogen) atoms. The van der Waals surface area contributed by atoms with Gasteiger partial charge in [0.05, 0.1) is 6.26 Å². The molecule has 2 aliphatic rings. The molecule has 2 N–H and O–H groups in total. The van der Waals surface area contributed by atoms with Crippen LogP contribution in [0.3, 0.4) is 0 Å². The van der Waals surface area contributed by atoms with Crippen LogP contribution in [-0.2, 0) is 14.8 Å². The fourth-order valence-corrected chi connectivity index (χ4v) is 4.70. The Hall–Kier alpha value is -1.51. The zero-order chi connectivity index (χ0) is 17.3. The van der Waals surface area contributed by atoms with Crippen molar-refractivity contribution in [1.29, 1.82) is 0 Å². The van der Waals surface area contributed by atoms with Gasteiger partial charge in [0.2, 0.25) is 15.9 Å². The van der Waals surface area contributed by atoms with Crippen LogP contribution in [0.25, 0.3) is 0 Å². The maximum absolute atomic E-state index is 13.6. The van der Waals surface area contributed by atoms with E-state index in [4.69, 9.17) is 0 Å². The van der Waals surface area contributed by atoms with E-state index in [1.165, 1.54) is 22.7 Å². The Morgan fingerprint density at radius 2 is 2.17 bits per heavy atom. The summed E-state index contributed by atoms with van der Waals surface area (Å²) in [6.07, 6.45) is 3.77. The number of benzene rings is 1. The van der Waals surface area contributed by atoms with E-state index in [1.54, 1.807) is 6.07 Å². The molecule has 2 atom stereocenters. The largest absolute Gasteiger partial charge is 0.326 e. The van der Waals surface area contributed by atoms with Crippen LogP contribution in [0, 0.1) is 5.82 Å². The number of anilines is 1. The summed E-state index contributed by atoms with van der Waals surface area (Å²) in [6, 6.07) is 4.05. The fraction of sp³-hybridized carbons (Fsp3) is 0.562. The molecule has 1 amide bonds. The number of nitrogens with zero attached hydrogens (tertiary/aromatic N) is 1. The number of amides is 1. The number of hydrogen-bond donors (Lipinski definition) is 2. The predicted molar refractivity (Wildman–Crippen MR) is 89.6 cm³/mol. The van der Waals surface area contributed by atoms with Crippen molar-refractivity contribution in [2.45, 2.75) is 37.8 Å². The van der Waals surface area contributed by atoms with Crippen molar-refractivity contribution in [2.24, 2.45) is 0 Å². The molecule has 0 aliphatic carbocycles. The van der Waals surface area contributed by atoms with Crippen LogP contribution in [0.2, 0.25) is 0 Å². The highest BCUT2D eigenvalue weighted by Gasteiger charge is 2.32. The Kier molecular flexibility index (Phi) is 4.89. The maximum Gasteiger partial charge on any atom is 0.224 e. The number of halogens is 1. The molecule has 8 heteroatoms. The summed E-state index contributed by atoms with van der Waals surface area (Å²) in [5.74, 6) is -0.443. The highest BCUT2D eigenvalue weighted by Crippen LogP contribution is 2.31. The topological polar surface area (TPSA) is 78.5 Å². The molecular formula is C16H22FN3O3S. The molecule has 6 nitrogen and oxygen atoms in total. The SMILES string of the molecule is CS(=O)(=O)N1CCC[C@@H]1CNC1CCC(=O)Nc2ccc(F)cc21. The zero-order valence-electron chi connectivity index (χ0n) is 13.6. The van der Waals surface area contributed by atoms with Gasteiger partial charge >= 0.3 is 0 Å². The molecule has 2 heterocycles. The van der Waals surface area contributed by atoms with Gasteiger partial charge in [0, 0.05) is 37.3 Å². The van der Waals surface area contributed by atoms with Gasteiger partial charge in [-0.05, 0) is 43.0 Å². The van der Waals surface area contributed by atoms with Crippen LogP contribution in [0.4, 0.5) is 10.1 Å². The molecule has 1 saturated heterocycles. The van der Waals surface area contributed by atoms with E-state index in [9.17, 15) is 17.6 Å². The van der Waals surface area contributed by atoms with Crippen molar-refractivity contribution >= 4 is 21.6 Å². The first-order valence-corrected chi connectivity index (χ1v) is 9.99. The Morgan fingerprint density at radius 3 is 2.92 bits per heavy atom. The zero-order valence-corrected chi connectivity index (χ0v) is 14.4. The van der Waals surface area contributed by atoms with Crippen molar-refractivity contribution in [3.05, 3.63) is 29.6 Å². The van der Waals surface area contributed by atoms with Crippen molar-refractivity contribution in [3.63, 3.8) is 0 Å². The smallest absolute Gasteiger partial charge is 0.224 e. The average Bonchev–Trinajstić information content (AvgIpc) is 2.92. The van der Waals surface area contributed by atoms with Crippen LogP contribution in [-0.4, -0.2) is 44.0 Å². The fourth-order valence-electron chi connectivity index (χ4n) is 3.52. The van der Waals surface area contributed by atoms with Gasteiger partial charge in [-0.1, -0.05) is 0 Å². The van der Waals surface area contributed by atoms with Crippen LogP contribution in [0.5, 0.6) is 0 Å². The second-order valence-corrected chi connectivity index (χ2v) is 8.38. The number of rotatable bonds is 4. The molecule has 0 radical (unpaired) electrons. The van der Waals surface area contributed by atoms with Crippen molar-refractivity contribution in [2.75, 3.05) is 24.7 Å². The summed E-state index contributed by atoms with van der Waals surface area (Å²) < 4.78 is 38.8. The van der Waals surface area contributed by atoms with Crippen molar-refractivity contribution in [1.82, 2.24) is 9.62 Å². The molecule has 3 rings (SSSR count). The van der Waals surface area contributed by atoms with Gasteiger partial charge in [-0.15, -0.1) is 0 Å². The first kappa shape index (κ1) is 17.3. The number of fused-ring (bicyclic) bond motifs is 1. The lowest BCUT2D eigenvalue weighted by Gasteiger charge is -2.26. The molecule has 1 aromatic rings. The van der Waals surface area contributed by atoms with E-state index in [2.05, 4.69) is 10.6 Å². The minimum atomic E-state index is -3.22. The summed E-state index contributed by atoms with van der Waals surface area (Å²) in [5, 5.41) is 6.13. The molecule has 132 valence electrons. The first-order chi connectivity index (χ1) is 11.3. The Morgan fingerprint density at radius 1 is 1.38 bits per heavy atom. The third-order valence-electron chi connectivity index (χ3n) is 4.67. The second-order valence-electron chi connectivity index (χ2n) is 6.45. The van der Waals surface area contributed by atoms with Gasteiger partial charge in [-0.2, -0.15) is 4.31 Å². The van der Waals surface area contributed by atoms with Gasteiger partial charge in [0.15, 0.2) is 0 Å². The second kappa shape index (κ2) is 6.78. The summed E-state index contributed by atoms with van der Waals surface area (Å²) in [5.41, 5.74) is 1.33. The number of nitrogens with one attached hydrogen (secondary N) is 2. The lowest BCUT2D eigenvalue weighted by Crippen LogP contribution is -2.42. The van der Waals surface area contributed by atoms with E-state index in [-0.39, 0.29) is 23.8 Å². The lowest BCUT2D eigenvalue weighted by molar-refractivity contribution is -0.116. The van der Waals surface area contributed by atoms with E-state index in [0.717, 1.165) is 12.8 Å². The maximum atomic E-state index is 13.6. The molecule has 2 aliphatic heterocycles. The summed E-state index contributed by atoms with van der Waals surface area (Å²) in [6.45, 7) is 1.03. The Labute approximate surface area is 141 Å². The molecule has 0 aromatic heterocycles. The average molecular weight is 355 g/mol. The Balaban J connectivity index is 1.75. The normalized spacial score (nSPS) is 25.2. The standard InChI is InChI=1S/C16H22FN3O3S/c1-24(22,23)20-8-2-3-12(20)10-18-14-6-7-16(21)19-15-5-4-11(17)9-13(14)15/h4-5,9,12,14,18H,2-3,6-8,10H2,1H3,(H,19,21)/t12-,14?/m1/s1. The number of carbonyl (C=O) groups is 1. The van der Waals surface area contributed by atoms with Crippen molar-refractivity contribution in [3.8, 4) is 0 Å². The van der Waals surface area contributed by atoms with Crippen LogP contribution < -0.4 is 10.6 Å². The van der Waals surface area contributed by atoms with E-state index >= 15 is 0 Å². The van der Waals surface area contributed by atoms with Gasteiger partial charge in [-0.25, -0.2) is 12.8 Å². The summed E-state index contributed by atoms with van der Waals surface area (Å²) in [7, 11) is -3.22. The highest BCUT2D eigenvalue weighted by atomic mass is 32.2. The minimum Gasteiger partial charge on any atom is -0.326 e. The third kappa shape index (κ3) is 3.76. The van der Waals surface area contributed by atoms with Crippen LogP contribution >= 0.6 is 0 Å². The van der Waals surface area contributed by atoms with E-state index in [1.807, 2.05) is 0 Å². The van der Waals surface area contributed by atoms with Gasteiger partial charge < -0.3 is 10.6 Å². The third-order valence-corrected chi connectivity index (χ3v) is 6.00. The van der Waals surface area contributed by atoms with Gasteiger partial charge in [0.1, 0.15) is 5.82 Å². The number of sulfonamides is 1. The molecular weight excluding hydrogens is 333 g/mol. The minimum absolute atomic E-state index is 0.0919. The Bertz CT molecular complexity index is 738. The van der Waals surface area contributed by atoms with Gasteiger partial charge in [-0.3, -0.25) is 4.79 Å². The summed E-state index contributed by atoms with van der Waals surface area (Å²) >= 11 is 0. The molecule has 0 saturated carbocycles. The van der Waals surface area contributed by atoms with E-state index in [0.29, 0.717) is 37.2 Å². The monoisotopic (exact) mass is 355 g/mol. The first-order valence-electron chi connectivity index (χ1n) is 8.14. The molecule has 1 unspecified atom stereocenters. The summed E-state index contributed by atoms with van der Waals surface area (Å²) in [4.78, 5) is 11.8. The number of carbonyl (C=O) groups excluding carboxylic acids is 1. The molecule has 0 spiro atoms. The highest BCUT2D eigenvalue weighted by molar-refractivity contribution is 7.88. The molecule has 1 aromatic carbocycles. The number of hydrogen-bond acceptors (Lipinski definition) is 4. The predicted octanol–water partition coefficient (Wildman–Crippen LogP) is 1.61. The van der Waals surface area contributed by atoms with Crippen LogP contribution in [0.15, 0.2) is 18.2 Å².